The SMILES string of the molecule is CN=C(NCCCCn1ccnc1C)NC1CC(C)(C)Oc2ccccc21.I. The largest absolute Gasteiger partial charge is 0.487 e. The second-order valence-electron chi connectivity index (χ2n) is 7.67. The van der Waals surface area contributed by atoms with Crippen LogP contribution in [0.4, 0.5) is 0 Å². The van der Waals surface area contributed by atoms with Crippen LogP contribution in [0.5, 0.6) is 5.75 Å². The first-order valence-electron chi connectivity index (χ1n) is 9.71. The molecule has 1 aliphatic heterocycles. The van der Waals surface area contributed by atoms with E-state index in [0.29, 0.717) is 0 Å². The summed E-state index contributed by atoms with van der Waals surface area (Å²) >= 11 is 0. The van der Waals surface area contributed by atoms with Crippen LogP contribution in [0.2, 0.25) is 0 Å². The predicted octanol–water partition coefficient (Wildman–Crippen LogP) is 4.06. The number of guanidine groups is 1. The molecule has 1 unspecified atom stereocenters. The van der Waals surface area contributed by atoms with E-state index in [9.17, 15) is 0 Å². The van der Waals surface area contributed by atoms with Gasteiger partial charge in [0.25, 0.3) is 0 Å². The zero-order valence-corrected chi connectivity index (χ0v) is 19.6. The first-order chi connectivity index (χ1) is 13.0. The first kappa shape index (κ1) is 22.5. The Morgan fingerprint density at radius 3 is 2.82 bits per heavy atom. The summed E-state index contributed by atoms with van der Waals surface area (Å²) < 4.78 is 8.30. The number of benzene rings is 1. The molecule has 2 aromatic rings. The molecule has 2 N–H and O–H groups in total. The average molecular weight is 497 g/mol. The molecule has 3 rings (SSSR count). The van der Waals surface area contributed by atoms with E-state index >= 15 is 0 Å². The van der Waals surface area contributed by atoms with Crippen LogP contribution in [0.1, 0.15) is 50.5 Å². The van der Waals surface area contributed by atoms with Crippen molar-refractivity contribution in [1.29, 1.82) is 0 Å². The molecule has 0 saturated carbocycles. The van der Waals surface area contributed by atoms with Crippen LogP contribution in [0.15, 0.2) is 41.7 Å². The molecule has 1 aromatic carbocycles. The van der Waals surface area contributed by atoms with Crippen molar-refractivity contribution in [2.45, 2.75) is 58.2 Å². The summed E-state index contributed by atoms with van der Waals surface area (Å²) in [5.41, 5.74) is 0.989. The van der Waals surface area contributed by atoms with E-state index in [-0.39, 0.29) is 35.6 Å². The van der Waals surface area contributed by atoms with Gasteiger partial charge in [-0.2, -0.15) is 0 Å². The number of hydrogen-bond acceptors (Lipinski definition) is 3. The molecule has 0 aliphatic carbocycles. The third-order valence-corrected chi connectivity index (χ3v) is 4.95. The molecule has 0 radical (unpaired) electrons. The van der Waals surface area contributed by atoms with Gasteiger partial charge in [0.2, 0.25) is 0 Å². The highest BCUT2D eigenvalue weighted by molar-refractivity contribution is 14.0. The lowest BCUT2D eigenvalue weighted by Gasteiger charge is -2.38. The van der Waals surface area contributed by atoms with Crippen LogP contribution in [0, 0.1) is 6.92 Å². The number of hydrogen-bond donors (Lipinski definition) is 2. The van der Waals surface area contributed by atoms with Gasteiger partial charge < -0.3 is 19.9 Å². The van der Waals surface area contributed by atoms with Crippen LogP contribution in [0.25, 0.3) is 0 Å². The first-order valence-corrected chi connectivity index (χ1v) is 9.71. The van der Waals surface area contributed by atoms with Crippen molar-refractivity contribution < 1.29 is 4.74 Å². The van der Waals surface area contributed by atoms with E-state index in [0.717, 1.165) is 49.9 Å². The molecular formula is C21H32IN5O. The molecule has 2 heterocycles. The van der Waals surface area contributed by atoms with E-state index in [1.807, 2.05) is 38.5 Å². The normalized spacial score (nSPS) is 17.9. The van der Waals surface area contributed by atoms with E-state index in [1.54, 1.807) is 0 Å². The highest BCUT2D eigenvalue weighted by Crippen LogP contribution is 2.39. The molecule has 0 fully saturated rings. The maximum atomic E-state index is 6.12. The van der Waals surface area contributed by atoms with E-state index in [2.05, 4.69) is 51.2 Å². The number of ether oxygens (including phenoxy) is 1. The average Bonchev–Trinajstić information content (AvgIpc) is 3.04. The van der Waals surface area contributed by atoms with Crippen molar-refractivity contribution in [1.82, 2.24) is 20.2 Å². The zero-order valence-electron chi connectivity index (χ0n) is 17.2. The summed E-state index contributed by atoms with van der Waals surface area (Å²) in [6.45, 7) is 8.19. The van der Waals surface area contributed by atoms with Gasteiger partial charge in [-0.05, 0) is 39.7 Å². The summed E-state index contributed by atoms with van der Waals surface area (Å²) in [6, 6.07) is 8.43. The van der Waals surface area contributed by atoms with Crippen molar-refractivity contribution in [3.63, 3.8) is 0 Å². The summed E-state index contributed by atoms with van der Waals surface area (Å²) in [6.07, 6.45) is 6.97. The number of nitrogens with one attached hydrogen (secondary N) is 2. The molecule has 1 atom stereocenters. The Morgan fingerprint density at radius 2 is 2.11 bits per heavy atom. The van der Waals surface area contributed by atoms with E-state index < -0.39 is 0 Å². The van der Waals surface area contributed by atoms with E-state index in [4.69, 9.17) is 4.74 Å². The van der Waals surface area contributed by atoms with Gasteiger partial charge in [-0.1, -0.05) is 18.2 Å². The Kier molecular flexibility index (Phi) is 8.15. The second kappa shape index (κ2) is 10.1. The van der Waals surface area contributed by atoms with Gasteiger partial charge in [-0.15, -0.1) is 24.0 Å². The van der Waals surface area contributed by atoms with Crippen LogP contribution in [0.3, 0.4) is 0 Å². The molecule has 0 saturated heterocycles. The fraction of sp³-hybridized carbons (Fsp3) is 0.524. The van der Waals surface area contributed by atoms with Gasteiger partial charge >= 0.3 is 0 Å². The second-order valence-corrected chi connectivity index (χ2v) is 7.67. The van der Waals surface area contributed by atoms with Crippen molar-refractivity contribution in [3.05, 3.63) is 48.0 Å². The topological polar surface area (TPSA) is 63.5 Å². The third kappa shape index (κ3) is 5.86. The number of para-hydroxylation sites is 1. The maximum Gasteiger partial charge on any atom is 0.191 e. The molecule has 7 heteroatoms. The lowest BCUT2D eigenvalue weighted by atomic mass is 9.90. The molecule has 28 heavy (non-hydrogen) atoms. The van der Waals surface area contributed by atoms with Gasteiger partial charge in [0.15, 0.2) is 5.96 Å². The predicted molar refractivity (Wildman–Crippen MR) is 125 cm³/mol. The molecule has 0 amide bonds. The molecule has 0 bridgehead atoms. The summed E-state index contributed by atoms with van der Waals surface area (Å²) in [5, 5.41) is 7.02. The standard InChI is InChI=1S/C21H31N5O.HI/c1-16-23-12-14-26(16)13-8-7-11-24-20(22-4)25-18-15-21(2,3)27-19-10-6-5-9-17(18)19;/h5-6,9-10,12,14,18H,7-8,11,13,15H2,1-4H3,(H2,22,24,25);1H. The van der Waals surface area contributed by atoms with Crippen LogP contribution in [-0.2, 0) is 6.54 Å². The smallest absolute Gasteiger partial charge is 0.191 e. The number of unbranched alkanes of at least 4 members (excludes halogenated alkanes) is 1. The lowest BCUT2D eigenvalue weighted by Crippen LogP contribution is -2.45. The molecular weight excluding hydrogens is 465 g/mol. The van der Waals surface area contributed by atoms with Crippen molar-refractivity contribution in [2.24, 2.45) is 4.99 Å². The zero-order chi connectivity index (χ0) is 19.3. The molecule has 6 nitrogen and oxygen atoms in total. The molecule has 1 aromatic heterocycles. The highest BCUT2D eigenvalue weighted by Gasteiger charge is 2.33. The summed E-state index contributed by atoms with van der Waals surface area (Å²) in [4.78, 5) is 8.66. The van der Waals surface area contributed by atoms with Crippen LogP contribution in [-0.4, -0.2) is 34.7 Å². The summed E-state index contributed by atoms with van der Waals surface area (Å²) in [5.74, 6) is 2.87. The minimum absolute atomic E-state index is 0. The van der Waals surface area contributed by atoms with E-state index in [1.165, 1.54) is 5.56 Å². The fourth-order valence-corrected chi connectivity index (χ4v) is 3.54. The monoisotopic (exact) mass is 497 g/mol. The Labute approximate surface area is 185 Å². The Morgan fingerprint density at radius 1 is 1.32 bits per heavy atom. The summed E-state index contributed by atoms with van der Waals surface area (Å²) in [7, 11) is 1.82. The number of rotatable bonds is 6. The van der Waals surface area contributed by atoms with Crippen molar-refractivity contribution in [3.8, 4) is 5.75 Å². The number of imidazole rings is 1. The number of aromatic nitrogens is 2. The van der Waals surface area contributed by atoms with Gasteiger partial charge in [0.05, 0.1) is 6.04 Å². The van der Waals surface area contributed by atoms with Crippen LogP contribution < -0.4 is 15.4 Å². The quantitative estimate of drug-likeness (QED) is 0.274. The Bertz CT molecular complexity index is 787. The van der Waals surface area contributed by atoms with Crippen molar-refractivity contribution >= 4 is 29.9 Å². The minimum atomic E-state index is -0.201. The molecule has 0 spiro atoms. The maximum absolute atomic E-state index is 6.12. The third-order valence-electron chi connectivity index (χ3n) is 4.95. The van der Waals surface area contributed by atoms with Gasteiger partial charge in [-0.25, -0.2) is 4.98 Å². The van der Waals surface area contributed by atoms with Crippen molar-refractivity contribution in [2.75, 3.05) is 13.6 Å². The Hall–Kier alpha value is -1.77. The van der Waals surface area contributed by atoms with Crippen LogP contribution >= 0.6 is 24.0 Å². The van der Waals surface area contributed by atoms with Gasteiger partial charge in [-0.3, -0.25) is 4.99 Å². The number of nitrogens with zero attached hydrogens (tertiary/aromatic N) is 3. The highest BCUT2D eigenvalue weighted by atomic mass is 127. The Balaban J connectivity index is 0.00000280. The lowest BCUT2D eigenvalue weighted by molar-refractivity contribution is 0.0694. The van der Waals surface area contributed by atoms with Gasteiger partial charge in [0.1, 0.15) is 17.2 Å². The number of aliphatic imine (C=N–C) groups is 1. The number of aryl methyl sites for hydroxylation is 2. The fourth-order valence-electron chi connectivity index (χ4n) is 3.54. The number of halogens is 1. The molecule has 154 valence electrons. The minimum Gasteiger partial charge on any atom is -0.487 e. The van der Waals surface area contributed by atoms with Gasteiger partial charge in [0, 0.05) is 44.5 Å². The molecule has 1 aliphatic rings. The number of fused-ring (bicyclic) bond motifs is 1.